The second-order valence-corrected chi connectivity index (χ2v) is 8.00. The quantitative estimate of drug-likeness (QED) is 0.843. The van der Waals surface area contributed by atoms with E-state index < -0.39 is 0 Å². The largest absolute Gasteiger partial charge is 0.370 e. The third-order valence-electron chi connectivity index (χ3n) is 6.26. The molecule has 4 aliphatic rings. The minimum absolute atomic E-state index is 0.296. The van der Waals surface area contributed by atoms with Crippen LogP contribution in [-0.2, 0) is 4.74 Å². The number of nitrogens with one attached hydrogen (secondary N) is 1. The predicted molar refractivity (Wildman–Crippen MR) is 85.5 cm³/mol. The lowest BCUT2D eigenvalue weighted by molar-refractivity contribution is -0.0726. The van der Waals surface area contributed by atoms with E-state index in [9.17, 15) is 0 Å². The van der Waals surface area contributed by atoms with Crippen LogP contribution in [0.3, 0.4) is 0 Å². The van der Waals surface area contributed by atoms with Crippen LogP contribution in [0.15, 0.2) is 0 Å². The molecular weight excluding hydrogens is 260 g/mol. The van der Waals surface area contributed by atoms with E-state index in [4.69, 9.17) is 4.74 Å². The van der Waals surface area contributed by atoms with Crippen LogP contribution in [0.25, 0.3) is 0 Å². The van der Waals surface area contributed by atoms with Crippen molar-refractivity contribution in [3.05, 3.63) is 0 Å². The summed E-state index contributed by atoms with van der Waals surface area (Å²) in [6.07, 6.45) is 15.6. The SMILES string of the molecule is C1CCC2(CC1)CCC(CN1CCCC1CNC1CC1)O2. The maximum absolute atomic E-state index is 6.58. The topological polar surface area (TPSA) is 24.5 Å². The van der Waals surface area contributed by atoms with Gasteiger partial charge in [0.05, 0.1) is 11.7 Å². The average Bonchev–Trinajstić information content (AvgIpc) is 3.12. The molecule has 4 rings (SSSR count). The van der Waals surface area contributed by atoms with Crippen molar-refractivity contribution in [1.29, 1.82) is 0 Å². The fraction of sp³-hybridized carbons (Fsp3) is 1.00. The number of hydrogen-bond acceptors (Lipinski definition) is 3. The van der Waals surface area contributed by atoms with E-state index in [1.165, 1.54) is 90.3 Å². The molecule has 0 aromatic heterocycles. The fourth-order valence-corrected chi connectivity index (χ4v) is 4.81. The zero-order chi connectivity index (χ0) is 14.1. The van der Waals surface area contributed by atoms with Crippen molar-refractivity contribution >= 4 is 0 Å². The molecule has 2 aliphatic heterocycles. The van der Waals surface area contributed by atoms with E-state index in [1.54, 1.807) is 0 Å². The highest BCUT2D eigenvalue weighted by Gasteiger charge is 2.42. The lowest BCUT2D eigenvalue weighted by Gasteiger charge is -2.34. The third kappa shape index (κ3) is 3.46. The number of likely N-dealkylation sites (tertiary alicyclic amines) is 1. The summed E-state index contributed by atoms with van der Waals surface area (Å²) in [5.41, 5.74) is 0.296. The maximum atomic E-state index is 6.58. The van der Waals surface area contributed by atoms with Gasteiger partial charge < -0.3 is 10.1 Å². The molecule has 0 aromatic carbocycles. The molecule has 2 atom stereocenters. The summed E-state index contributed by atoms with van der Waals surface area (Å²) >= 11 is 0. The number of hydrogen-bond donors (Lipinski definition) is 1. The Hall–Kier alpha value is -0.120. The molecule has 120 valence electrons. The molecule has 4 fully saturated rings. The van der Waals surface area contributed by atoms with Gasteiger partial charge in [-0.3, -0.25) is 4.90 Å². The van der Waals surface area contributed by atoms with E-state index in [-0.39, 0.29) is 0 Å². The monoisotopic (exact) mass is 292 g/mol. The smallest absolute Gasteiger partial charge is 0.0710 e. The average molecular weight is 292 g/mol. The zero-order valence-corrected chi connectivity index (χ0v) is 13.5. The van der Waals surface area contributed by atoms with Crippen molar-refractivity contribution in [2.24, 2.45) is 0 Å². The van der Waals surface area contributed by atoms with Gasteiger partial charge in [-0.2, -0.15) is 0 Å². The first-order valence-corrected chi connectivity index (χ1v) is 9.48. The van der Waals surface area contributed by atoms with Crippen LogP contribution < -0.4 is 5.32 Å². The molecule has 2 aliphatic carbocycles. The van der Waals surface area contributed by atoms with Gasteiger partial charge in [0.1, 0.15) is 0 Å². The molecule has 3 heteroatoms. The Bertz CT molecular complexity index is 349. The Labute approximate surface area is 129 Å². The Morgan fingerprint density at radius 2 is 1.81 bits per heavy atom. The van der Waals surface area contributed by atoms with Crippen molar-refractivity contribution < 1.29 is 4.74 Å². The Kier molecular flexibility index (Phi) is 4.25. The minimum atomic E-state index is 0.296. The lowest BCUT2D eigenvalue weighted by atomic mass is 9.83. The van der Waals surface area contributed by atoms with Crippen molar-refractivity contribution in [2.45, 2.75) is 94.4 Å². The molecule has 2 saturated heterocycles. The zero-order valence-electron chi connectivity index (χ0n) is 13.5. The highest BCUT2D eigenvalue weighted by atomic mass is 16.5. The molecule has 2 unspecified atom stereocenters. The van der Waals surface area contributed by atoms with Gasteiger partial charge in [0, 0.05) is 25.2 Å². The summed E-state index contributed by atoms with van der Waals surface area (Å²) in [6, 6.07) is 1.62. The molecule has 0 amide bonds. The third-order valence-corrected chi connectivity index (χ3v) is 6.26. The van der Waals surface area contributed by atoms with E-state index in [0.717, 1.165) is 12.1 Å². The van der Waals surface area contributed by atoms with Gasteiger partial charge in [-0.25, -0.2) is 0 Å². The summed E-state index contributed by atoms with van der Waals surface area (Å²) in [7, 11) is 0. The van der Waals surface area contributed by atoms with Crippen molar-refractivity contribution in [3.8, 4) is 0 Å². The van der Waals surface area contributed by atoms with Gasteiger partial charge in [-0.1, -0.05) is 19.3 Å². The molecule has 21 heavy (non-hydrogen) atoms. The molecule has 2 heterocycles. The number of ether oxygens (including phenoxy) is 1. The molecule has 3 nitrogen and oxygen atoms in total. The first-order valence-electron chi connectivity index (χ1n) is 9.48. The van der Waals surface area contributed by atoms with Gasteiger partial charge in [0.25, 0.3) is 0 Å². The van der Waals surface area contributed by atoms with Gasteiger partial charge in [-0.15, -0.1) is 0 Å². The van der Waals surface area contributed by atoms with Crippen LogP contribution in [-0.4, -0.2) is 48.3 Å². The van der Waals surface area contributed by atoms with Crippen LogP contribution in [0.1, 0.15) is 70.6 Å². The Morgan fingerprint density at radius 1 is 0.952 bits per heavy atom. The second-order valence-electron chi connectivity index (χ2n) is 8.00. The maximum Gasteiger partial charge on any atom is 0.0710 e. The van der Waals surface area contributed by atoms with E-state index >= 15 is 0 Å². The minimum Gasteiger partial charge on any atom is -0.370 e. The first-order chi connectivity index (χ1) is 10.3. The number of rotatable bonds is 5. The van der Waals surface area contributed by atoms with Gasteiger partial charge in [-0.05, 0) is 57.9 Å². The molecule has 0 aromatic rings. The molecule has 0 bridgehead atoms. The second kappa shape index (κ2) is 6.17. The standard InChI is InChI=1S/C18H32N2O/c1-2-9-18(10-3-1)11-8-17(21-18)14-20-12-4-5-16(20)13-19-15-6-7-15/h15-17,19H,1-14H2. The van der Waals surface area contributed by atoms with E-state index in [2.05, 4.69) is 10.2 Å². The van der Waals surface area contributed by atoms with Gasteiger partial charge in [0.15, 0.2) is 0 Å². The van der Waals surface area contributed by atoms with Gasteiger partial charge >= 0.3 is 0 Å². The summed E-state index contributed by atoms with van der Waals surface area (Å²) in [6.45, 7) is 3.70. The normalized spacial score (nSPS) is 36.6. The predicted octanol–water partition coefficient (Wildman–Crippen LogP) is 3.08. The highest BCUT2D eigenvalue weighted by Crippen LogP contribution is 2.42. The van der Waals surface area contributed by atoms with E-state index in [0.29, 0.717) is 11.7 Å². The Balaban J connectivity index is 1.27. The fourth-order valence-electron chi connectivity index (χ4n) is 4.81. The molecule has 1 N–H and O–H groups in total. The highest BCUT2D eigenvalue weighted by molar-refractivity contribution is 4.94. The van der Waals surface area contributed by atoms with E-state index in [1.807, 2.05) is 0 Å². The summed E-state index contributed by atoms with van der Waals surface area (Å²) < 4.78 is 6.58. The molecule has 0 radical (unpaired) electrons. The summed E-state index contributed by atoms with van der Waals surface area (Å²) in [4.78, 5) is 2.72. The summed E-state index contributed by atoms with van der Waals surface area (Å²) in [5, 5.41) is 3.73. The molecule has 2 saturated carbocycles. The first kappa shape index (κ1) is 14.5. The van der Waals surface area contributed by atoms with Crippen LogP contribution >= 0.6 is 0 Å². The van der Waals surface area contributed by atoms with Crippen molar-refractivity contribution in [1.82, 2.24) is 10.2 Å². The van der Waals surface area contributed by atoms with Crippen LogP contribution in [0.5, 0.6) is 0 Å². The van der Waals surface area contributed by atoms with Crippen LogP contribution in [0, 0.1) is 0 Å². The molecular formula is C18H32N2O. The lowest BCUT2D eigenvalue weighted by Crippen LogP contribution is -2.43. The van der Waals surface area contributed by atoms with Crippen molar-refractivity contribution in [2.75, 3.05) is 19.6 Å². The van der Waals surface area contributed by atoms with Gasteiger partial charge in [0.2, 0.25) is 0 Å². The summed E-state index contributed by atoms with van der Waals surface area (Å²) in [5.74, 6) is 0. The van der Waals surface area contributed by atoms with Crippen LogP contribution in [0.4, 0.5) is 0 Å². The molecule has 1 spiro atoms. The van der Waals surface area contributed by atoms with Crippen LogP contribution in [0.2, 0.25) is 0 Å². The number of nitrogens with zero attached hydrogens (tertiary/aromatic N) is 1. The Morgan fingerprint density at radius 3 is 2.62 bits per heavy atom. The van der Waals surface area contributed by atoms with Crippen molar-refractivity contribution in [3.63, 3.8) is 0 Å².